The normalized spacial score (nSPS) is 12.6. The topological polar surface area (TPSA) is 24.0 Å². The number of hydrogen-bond acceptors (Lipinski definition) is 2. The van der Waals surface area contributed by atoms with Gasteiger partial charge in [0, 0.05) is 12.1 Å². The van der Waals surface area contributed by atoms with Gasteiger partial charge in [-0.15, -0.1) is 0 Å². The summed E-state index contributed by atoms with van der Waals surface area (Å²) in [5.74, 6) is -0.243. The van der Waals surface area contributed by atoms with Crippen LogP contribution in [0.4, 0.5) is 4.39 Å². The molecule has 98 valence electrons. The average molecular weight is 267 g/mol. The molecule has 0 unspecified atom stereocenters. The molecule has 18 heavy (non-hydrogen) atoms. The van der Waals surface area contributed by atoms with E-state index in [2.05, 4.69) is 23.7 Å². The smallest absolute Gasteiger partial charge is 0.178 e. The van der Waals surface area contributed by atoms with Crippen molar-refractivity contribution < 1.29 is 4.39 Å². The third-order valence-electron chi connectivity index (χ3n) is 3.49. The van der Waals surface area contributed by atoms with Gasteiger partial charge in [0.25, 0.3) is 0 Å². The maximum Gasteiger partial charge on any atom is 0.178 e. The van der Waals surface area contributed by atoms with E-state index >= 15 is 0 Å². The molecule has 1 heterocycles. The van der Waals surface area contributed by atoms with Crippen molar-refractivity contribution in [2.24, 2.45) is 0 Å². The van der Waals surface area contributed by atoms with Crippen LogP contribution in [-0.4, -0.2) is 34.1 Å². The van der Waals surface area contributed by atoms with Gasteiger partial charge in [-0.05, 0) is 58.4 Å². The van der Waals surface area contributed by atoms with Gasteiger partial charge in [-0.1, -0.05) is 0 Å². The fourth-order valence-corrected chi connectivity index (χ4v) is 2.08. The Hall–Kier alpha value is -1.20. The Morgan fingerprint density at radius 1 is 1.39 bits per heavy atom. The SMILES string of the molecule is CN(C)C(C)(C)Cn1c(=S)[nH]c2ccc(F)cc21. The molecule has 0 bridgehead atoms. The summed E-state index contributed by atoms with van der Waals surface area (Å²) in [4.78, 5) is 5.24. The van der Waals surface area contributed by atoms with Crippen LogP contribution >= 0.6 is 12.2 Å². The number of nitrogens with zero attached hydrogens (tertiary/aromatic N) is 2. The Balaban J connectivity index is 2.54. The average Bonchev–Trinajstić information content (AvgIpc) is 2.55. The highest BCUT2D eigenvalue weighted by molar-refractivity contribution is 7.71. The summed E-state index contributed by atoms with van der Waals surface area (Å²) in [7, 11) is 4.05. The van der Waals surface area contributed by atoms with Crippen LogP contribution in [-0.2, 0) is 6.54 Å². The highest BCUT2D eigenvalue weighted by Crippen LogP contribution is 2.20. The number of nitrogens with one attached hydrogen (secondary N) is 1. The fraction of sp³-hybridized carbons (Fsp3) is 0.462. The number of likely N-dealkylation sites (N-methyl/N-ethyl adjacent to an activating group) is 1. The molecule has 2 rings (SSSR count). The lowest BCUT2D eigenvalue weighted by molar-refractivity contribution is 0.170. The number of benzene rings is 1. The van der Waals surface area contributed by atoms with Gasteiger partial charge in [0.1, 0.15) is 5.82 Å². The van der Waals surface area contributed by atoms with E-state index in [0.717, 1.165) is 11.0 Å². The zero-order valence-electron chi connectivity index (χ0n) is 11.1. The van der Waals surface area contributed by atoms with Crippen molar-refractivity contribution in [2.45, 2.75) is 25.9 Å². The highest BCUT2D eigenvalue weighted by atomic mass is 32.1. The second-order valence-electron chi connectivity index (χ2n) is 5.38. The van der Waals surface area contributed by atoms with E-state index in [4.69, 9.17) is 12.2 Å². The number of fused-ring (bicyclic) bond motifs is 1. The lowest BCUT2D eigenvalue weighted by Gasteiger charge is -2.33. The number of H-pyrrole nitrogens is 1. The Morgan fingerprint density at radius 3 is 2.67 bits per heavy atom. The van der Waals surface area contributed by atoms with Crippen LogP contribution in [0.1, 0.15) is 13.8 Å². The first-order valence-corrected chi connectivity index (χ1v) is 6.27. The Kier molecular flexibility index (Phi) is 3.29. The summed E-state index contributed by atoms with van der Waals surface area (Å²) < 4.78 is 15.9. The van der Waals surface area contributed by atoms with E-state index in [1.807, 2.05) is 18.7 Å². The molecule has 1 aromatic heterocycles. The maximum atomic E-state index is 13.3. The molecule has 0 fully saturated rings. The largest absolute Gasteiger partial charge is 0.331 e. The van der Waals surface area contributed by atoms with Crippen LogP contribution < -0.4 is 0 Å². The molecule has 0 spiro atoms. The van der Waals surface area contributed by atoms with Crippen molar-refractivity contribution in [1.29, 1.82) is 0 Å². The molecule has 0 aliphatic heterocycles. The molecular weight excluding hydrogens is 249 g/mol. The second kappa shape index (κ2) is 4.48. The summed E-state index contributed by atoms with van der Waals surface area (Å²) in [6.45, 7) is 4.97. The molecule has 1 N–H and O–H groups in total. The summed E-state index contributed by atoms with van der Waals surface area (Å²) in [6.07, 6.45) is 0. The number of hydrogen-bond donors (Lipinski definition) is 1. The minimum Gasteiger partial charge on any atom is -0.331 e. The van der Waals surface area contributed by atoms with E-state index in [9.17, 15) is 4.39 Å². The summed E-state index contributed by atoms with van der Waals surface area (Å²) in [5, 5.41) is 0. The number of aromatic amines is 1. The second-order valence-corrected chi connectivity index (χ2v) is 5.77. The molecule has 5 heteroatoms. The minimum atomic E-state index is -0.243. The van der Waals surface area contributed by atoms with Crippen molar-refractivity contribution in [3.05, 3.63) is 28.8 Å². The van der Waals surface area contributed by atoms with Gasteiger partial charge in [0.05, 0.1) is 11.0 Å². The Labute approximate surface area is 111 Å². The molecule has 0 saturated heterocycles. The van der Waals surface area contributed by atoms with Crippen LogP contribution in [0.5, 0.6) is 0 Å². The molecule has 0 saturated carbocycles. The van der Waals surface area contributed by atoms with E-state index in [-0.39, 0.29) is 11.4 Å². The van der Waals surface area contributed by atoms with Gasteiger partial charge >= 0.3 is 0 Å². The van der Waals surface area contributed by atoms with E-state index in [1.165, 1.54) is 12.1 Å². The number of rotatable bonds is 3. The molecule has 3 nitrogen and oxygen atoms in total. The first kappa shape index (κ1) is 13.2. The number of halogens is 1. The monoisotopic (exact) mass is 267 g/mol. The molecule has 0 aliphatic rings. The third kappa shape index (κ3) is 2.33. The van der Waals surface area contributed by atoms with E-state index in [1.54, 1.807) is 6.07 Å². The standard InChI is InChI=1S/C13H18FN3S/c1-13(2,16(3)4)8-17-11-7-9(14)5-6-10(11)15-12(17)18/h5-7H,8H2,1-4H3,(H,15,18). The zero-order valence-corrected chi connectivity index (χ0v) is 11.9. The minimum absolute atomic E-state index is 0.0559. The van der Waals surface area contributed by atoms with Crippen molar-refractivity contribution in [2.75, 3.05) is 14.1 Å². The lowest BCUT2D eigenvalue weighted by Crippen LogP contribution is -2.42. The molecule has 1 aromatic carbocycles. The fourth-order valence-electron chi connectivity index (χ4n) is 1.81. The van der Waals surface area contributed by atoms with Crippen LogP contribution in [0.15, 0.2) is 18.2 Å². The molecule has 0 aliphatic carbocycles. The Morgan fingerprint density at radius 2 is 2.06 bits per heavy atom. The lowest BCUT2D eigenvalue weighted by atomic mass is 10.0. The predicted octanol–water partition coefficient (Wildman–Crippen LogP) is 3.18. The van der Waals surface area contributed by atoms with Gasteiger partial charge in [-0.25, -0.2) is 4.39 Å². The van der Waals surface area contributed by atoms with Gasteiger partial charge < -0.3 is 14.5 Å². The van der Waals surface area contributed by atoms with E-state index in [0.29, 0.717) is 11.3 Å². The highest BCUT2D eigenvalue weighted by Gasteiger charge is 2.22. The molecular formula is C13H18FN3S. The van der Waals surface area contributed by atoms with Gasteiger partial charge in [-0.2, -0.15) is 0 Å². The predicted molar refractivity (Wildman–Crippen MR) is 74.8 cm³/mol. The van der Waals surface area contributed by atoms with Crippen molar-refractivity contribution >= 4 is 23.3 Å². The Bertz CT molecular complexity index is 625. The molecule has 0 atom stereocenters. The van der Waals surface area contributed by atoms with Crippen LogP contribution in [0.2, 0.25) is 0 Å². The zero-order chi connectivity index (χ0) is 13.5. The third-order valence-corrected chi connectivity index (χ3v) is 3.82. The van der Waals surface area contributed by atoms with Crippen molar-refractivity contribution in [1.82, 2.24) is 14.5 Å². The van der Waals surface area contributed by atoms with E-state index < -0.39 is 0 Å². The number of aromatic nitrogens is 2. The summed E-state index contributed by atoms with van der Waals surface area (Å²) in [6, 6.07) is 4.68. The first-order chi connectivity index (χ1) is 8.31. The van der Waals surface area contributed by atoms with Gasteiger partial charge in [0.15, 0.2) is 4.77 Å². The maximum absolute atomic E-state index is 13.3. The molecule has 0 radical (unpaired) electrons. The summed E-state index contributed by atoms with van der Waals surface area (Å²) >= 11 is 5.32. The van der Waals surface area contributed by atoms with Crippen LogP contribution in [0.25, 0.3) is 11.0 Å². The molecule has 2 aromatic rings. The molecule has 0 amide bonds. The quantitative estimate of drug-likeness (QED) is 0.864. The number of imidazole rings is 1. The van der Waals surface area contributed by atoms with Crippen LogP contribution in [0, 0.1) is 10.6 Å². The van der Waals surface area contributed by atoms with Crippen molar-refractivity contribution in [3.8, 4) is 0 Å². The van der Waals surface area contributed by atoms with Crippen molar-refractivity contribution in [3.63, 3.8) is 0 Å². The van der Waals surface area contributed by atoms with Gasteiger partial charge in [-0.3, -0.25) is 0 Å². The first-order valence-electron chi connectivity index (χ1n) is 5.87. The van der Waals surface area contributed by atoms with Crippen LogP contribution in [0.3, 0.4) is 0 Å². The summed E-state index contributed by atoms with van der Waals surface area (Å²) in [5.41, 5.74) is 1.63. The van der Waals surface area contributed by atoms with Gasteiger partial charge in [0.2, 0.25) is 0 Å².